The highest BCUT2D eigenvalue weighted by molar-refractivity contribution is 6.03. The zero-order valence-corrected chi connectivity index (χ0v) is 44.3. The predicted molar refractivity (Wildman–Crippen MR) is 282 cm³/mol. The first-order valence-corrected chi connectivity index (χ1v) is 25.8. The molecule has 0 bridgehead atoms. The van der Waals surface area contributed by atoms with Crippen molar-refractivity contribution in [3.8, 4) is 0 Å². The first-order chi connectivity index (χ1) is 34.6. The van der Waals surface area contributed by atoms with Gasteiger partial charge in [-0.2, -0.15) is 0 Å². The molecule has 17 heteroatoms. The van der Waals surface area contributed by atoms with Crippen LogP contribution in [0.3, 0.4) is 0 Å². The number of nitrogens with one attached hydrogen (secondary N) is 6. The van der Waals surface area contributed by atoms with Gasteiger partial charge in [0.15, 0.2) is 11.6 Å². The van der Waals surface area contributed by atoms with Gasteiger partial charge in [0.2, 0.25) is 35.4 Å². The van der Waals surface area contributed by atoms with Gasteiger partial charge in [-0.25, -0.2) is 0 Å². The summed E-state index contributed by atoms with van der Waals surface area (Å²) in [5.41, 5.74) is 8.71. The number of carbonyl (C=O) groups is 8. The third-order valence-electron chi connectivity index (χ3n) is 14.1. The number of Topliss-reactive ketones (excluding diaryl/α,β-unsaturated/α-hetero) is 2. The molecule has 73 heavy (non-hydrogen) atoms. The molecule has 2 fully saturated rings. The zero-order valence-electron chi connectivity index (χ0n) is 44.3. The number of anilines is 1. The Morgan fingerprint density at radius 1 is 0.534 bits per heavy atom. The number of nitrogens with zero attached hydrogens (tertiary/aromatic N) is 2. The van der Waals surface area contributed by atoms with Crippen LogP contribution in [-0.4, -0.2) is 120 Å². The summed E-state index contributed by atoms with van der Waals surface area (Å²) < 4.78 is 0. The van der Waals surface area contributed by atoms with Crippen molar-refractivity contribution in [1.29, 1.82) is 0 Å². The van der Waals surface area contributed by atoms with Crippen LogP contribution in [0.2, 0.25) is 0 Å². The van der Waals surface area contributed by atoms with Gasteiger partial charge in [-0.1, -0.05) is 88.4 Å². The Morgan fingerprint density at radius 2 is 0.890 bits per heavy atom. The van der Waals surface area contributed by atoms with Gasteiger partial charge in [-0.05, 0) is 120 Å². The minimum absolute atomic E-state index is 0.0309. The molecule has 5 rings (SSSR count). The largest absolute Gasteiger partial charge is 0.399 e. The van der Waals surface area contributed by atoms with Crippen molar-refractivity contribution in [1.82, 2.24) is 41.7 Å². The second-order valence-electron chi connectivity index (χ2n) is 21.0. The van der Waals surface area contributed by atoms with Crippen LogP contribution in [0.5, 0.6) is 0 Å². The minimum atomic E-state index is -0.929. The van der Waals surface area contributed by atoms with Crippen LogP contribution in [0, 0.1) is 23.7 Å². The second-order valence-corrected chi connectivity index (χ2v) is 21.0. The number of ketones is 2. The average molecular weight is 1010 g/mol. The van der Waals surface area contributed by atoms with Crippen LogP contribution in [-0.2, 0) is 28.8 Å². The van der Waals surface area contributed by atoms with Crippen LogP contribution in [0.25, 0.3) is 0 Å². The summed E-state index contributed by atoms with van der Waals surface area (Å²) in [7, 11) is 3.30. The highest BCUT2D eigenvalue weighted by atomic mass is 16.2. The molecular weight excluding hydrogens is 927 g/mol. The highest BCUT2D eigenvalue weighted by Gasteiger charge is 2.45. The lowest BCUT2D eigenvalue weighted by Gasteiger charge is -2.30. The molecule has 3 aromatic carbocycles. The van der Waals surface area contributed by atoms with E-state index >= 15 is 0 Å². The molecule has 2 heterocycles. The van der Waals surface area contributed by atoms with Crippen molar-refractivity contribution in [3.63, 3.8) is 0 Å². The van der Waals surface area contributed by atoms with E-state index in [1.165, 1.54) is 28.0 Å². The summed E-state index contributed by atoms with van der Waals surface area (Å²) in [6, 6.07) is 17.8. The van der Waals surface area contributed by atoms with Crippen molar-refractivity contribution in [3.05, 3.63) is 101 Å². The van der Waals surface area contributed by atoms with E-state index in [9.17, 15) is 38.4 Å². The number of nitrogen functional groups attached to an aromatic ring is 1. The number of amides is 6. The lowest BCUT2D eigenvalue weighted by atomic mass is 9.92. The fraction of sp³-hybridized carbons (Fsp3) is 0.536. The van der Waals surface area contributed by atoms with E-state index in [1.54, 1.807) is 27.9 Å². The van der Waals surface area contributed by atoms with Crippen LogP contribution >= 0.6 is 0 Å². The Bertz CT molecular complexity index is 2250. The molecule has 0 aliphatic carbocycles. The number of hydrogen-bond donors (Lipinski definition) is 7. The fourth-order valence-electron chi connectivity index (χ4n) is 9.77. The van der Waals surface area contributed by atoms with E-state index in [2.05, 4.69) is 31.9 Å². The molecule has 17 nitrogen and oxygen atoms in total. The van der Waals surface area contributed by atoms with E-state index in [0.717, 1.165) is 11.1 Å². The standard InChI is InChI=1S/C56H79N9O8/c1-32(2)21-45(62-51(68)36(7)58-9)55(72)64-30-38(23-47(64)53(70)60-34(5)40-17-13-11-14-18-40)25-49(66)42-27-43(29-44(57)28-42)50(67)26-39-24-48(54(71)61-35(6)41-19-15-12-16-20-41)65(31-39)56(73)46(22-33(3)4)63-52(69)37(8)59-10/h11-20,27-29,32-39,45-48,58-59H,21-26,30-31,57H2,1-10H3,(H,60,70)(H,61,71)(H,62,68)(H,63,69)/t34-,35-,36+,37+,38-,39-,45+,46+,47+,48+/m1/s1. The quantitative estimate of drug-likeness (QED) is 0.0471. The Kier molecular flexibility index (Phi) is 20.8. The number of nitrogens with two attached hydrogens (primary N) is 1. The summed E-state index contributed by atoms with van der Waals surface area (Å²) >= 11 is 0. The third kappa shape index (κ3) is 15.8. The molecule has 2 aliphatic heterocycles. The SMILES string of the molecule is CN[C@@H](C)C(=O)N[C@@H](CC(C)C)C(=O)N1C[C@@H](CC(=O)c2cc(N)cc(C(=O)C[C@H]3C[C@@H](C(=O)N[C@H](C)c4ccccc4)N(C(=O)[C@H](CC(C)C)NC(=O)[C@H](C)NC)C3)c2)C[C@H]1C(=O)N[C@H](C)c1ccccc1. The Morgan fingerprint density at radius 3 is 1.22 bits per heavy atom. The maximum Gasteiger partial charge on any atom is 0.245 e. The molecule has 0 saturated carbocycles. The molecular formula is C56H79N9O8. The van der Waals surface area contributed by atoms with Gasteiger partial charge in [-0.3, -0.25) is 38.4 Å². The number of benzene rings is 3. The van der Waals surface area contributed by atoms with Crippen LogP contribution in [0.15, 0.2) is 78.9 Å². The molecule has 2 saturated heterocycles. The molecule has 0 aromatic heterocycles. The summed E-state index contributed by atoms with van der Waals surface area (Å²) in [5.74, 6) is -3.80. The maximum atomic E-state index is 14.5. The van der Waals surface area contributed by atoms with Gasteiger partial charge < -0.3 is 47.4 Å². The van der Waals surface area contributed by atoms with E-state index < -0.39 is 59.9 Å². The molecule has 0 radical (unpaired) electrons. The first-order valence-electron chi connectivity index (χ1n) is 25.8. The van der Waals surface area contributed by atoms with Gasteiger partial charge in [0.1, 0.15) is 24.2 Å². The van der Waals surface area contributed by atoms with Gasteiger partial charge >= 0.3 is 0 Å². The van der Waals surface area contributed by atoms with Crippen molar-refractivity contribution < 1.29 is 38.4 Å². The van der Waals surface area contributed by atoms with Crippen molar-refractivity contribution in [2.45, 2.75) is 142 Å². The lowest BCUT2D eigenvalue weighted by molar-refractivity contribution is -0.142. The maximum absolute atomic E-state index is 14.5. The van der Waals surface area contributed by atoms with E-state index in [4.69, 9.17) is 5.73 Å². The van der Waals surface area contributed by atoms with Gasteiger partial charge in [0, 0.05) is 42.7 Å². The summed E-state index contributed by atoms with van der Waals surface area (Å²) in [4.78, 5) is 115. The molecule has 0 spiro atoms. The zero-order chi connectivity index (χ0) is 53.7. The smallest absolute Gasteiger partial charge is 0.245 e. The van der Waals surface area contributed by atoms with Crippen LogP contribution in [0.1, 0.15) is 138 Å². The topological polar surface area (TPSA) is 241 Å². The number of carbonyl (C=O) groups excluding carboxylic acids is 8. The minimum Gasteiger partial charge on any atom is -0.399 e. The number of rotatable bonds is 24. The van der Waals surface area contributed by atoms with Crippen molar-refractivity contribution in [2.75, 3.05) is 32.9 Å². The van der Waals surface area contributed by atoms with Crippen molar-refractivity contribution in [2.24, 2.45) is 23.7 Å². The Labute approximate surface area is 431 Å². The monoisotopic (exact) mass is 1010 g/mol. The van der Waals surface area contributed by atoms with Gasteiger partial charge in [0.25, 0.3) is 0 Å². The second kappa shape index (κ2) is 26.5. The third-order valence-corrected chi connectivity index (χ3v) is 14.1. The van der Waals surface area contributed by atoms with Gasteiger partial charge in [-0.15, -0.1) is 0 Å². The van der Waals surface area contributed by atoms with Crippen molar-refractivity contribution >= 4 is 52.7 Å². The number of likely N-dealkylation sites (tertiary alicyclic amines) is 2. The molecule has 6 amide bonds. The highest BCUT2D eigenvalue weighted by Crippen LogP contribution is 2.33. The van der Waals surface area contributed by atoms with Crippen LogP contribution < -0.4 is 37.6 Å². The van der Waals surface area contributed by atoms with E-state index in [1.807, 2.05) is 102 Å². The fourth-order valence-corrected chi connectivity index (χ4v) is 9.77. The first kappa shape index (κ1) is 57.4. The average Bonchev–Trinajstić information content (AvgIpc) is 3.99. The Balaban J connectivity index is 1.36. The Hall–Kier alpha value is -6.46. The molecule has 10 atom stereocenters. The molecule has 396 valence electrons. The number of hydrogen-bond acceptors (Lipinski definition) is 11. The summed E-state index contributed by atoms with van der Waals surface area (Å²) in [5, 5.41) is 17.7. The molecule has 2 aliphatic rings. The summed E-state index contributed by atoms with van der Waals surface area (Å²) in [6.07, 6.45) is 0.908. The summed E-state index contributed by atoms with van der Waals surface area (Å²) in [6.45, 7) is 15.0. The van der Waals surface area contributed by atoms with E-state index in [0.29, 0.717) is 12.8 Å². The normalized spacial score (nSPS) is 20.1. The molecule has 0 unspecified atom stereocenters. The van der Waals surface area contributed by atoms with Gasteiger partial charge in [0.05, 0.1) is 24.2 Å². The van der Waals surface area contributed by atoms with Crippen LogP contribution in [0.4, 0.5) is 5.69 Å². The number of likely N-dealkylation sites (N-methyl/N-ethyl adjacent to an activating group) is 2. The van der Waals surface area contributed by atoms with E-state index in [-0.39, 0.29) is 115 Å². The molecule has 3 aromatic rings. The predicted octanol–water partition coefficient (Wildman–Crippen LogP) is 4.88. The molecule has 8 N–H and O–H groups in total. The lowest BCUT2D eigenvalue weighted by Crippen LogP contribution is -2.56.